The first-order valence-electron chi connectivity index (χ1n) is 7.97. The highest BCUT2D eigenvalue weighted by molar-refractivity contribution is 5.97. The number of para-hydroxylation sites is 2. The summed E-state index contributed by atoms with van der Waals surface area (Å²) in [4.78, 5) is 31.2. The van der Waals surface area contributed by atoms with Crippen molar-refractivity contribution in [3.05, 3.63) is 48.3 Å². The van der Waals surface area contributed by atoms with Gasteiger partial charge in [0.15, 0.2) is 6.61 Å². The Labute approximate surface area is 143 Å². The van der Waals surface area contributed by atoms with E-state index in [1.807, 2.05) is 24.3 Å². The lowest BCUT2D eigenvalue weighted by atomic mass is 10.2. The Bertz CT molecular complexity index is 931. The van der Waals surface area contributed by atoms with Crippen molar-refractivity contribution in [3.8, 4) is 5.75 Å². The Morgan fingerprint density at radius 1 is 1.24 bits per heavy atom. The first kappa shape index (κ1) is 15.2. The second kappa shape index (κ2) is 6.27. The van der Waals surface area contributed by atoms with Gasteiger partial charge >= 0.3 is 0 Å². The number of nitrogens with zero attached hydrogens (tertiary/aromatic N) is 1. The molecule has 2 amide bonds. The zero-order chi connectivity index (χ0) is 17.2. The molecule has 0 radical (unpaired) electrons. The number of aromatic amines is 1. The molecule has 0 atom stereocenters. The van der Waals surface area contributed by atoms with Gasteiger partial charge in [-0.1, -0.05) is 12.1 Å². The number of ether oxygens (including phenoxy) is 1. The van der Waals surface area contributed by atoms with Crippen molar-refractivity contribution in [2.45, 2.75) is 12.8 Å². The highest BCUT2D eigenvalue weighted by Gasteiger charge is 2.16. The van der Waals surface area contributed by atoms with Crippen LogP contribution in [-0.2, 0) is 16.0 Å². The molecule has 0 fully saturated rings. The third-order valence-corrected chi connectivity index (χ3v) is 3.92. The molecule has 1 aromatic heterocycles. The quantitative estimate of drug-likeness (QED) is 0.682. The highest BCUT2D eigenvalue weighted by atomic mass is 16.5. The second-order valence-corrected chi connectivity index (χ2v) is 5.80. The Morgan fingerprint density at radius 2 is 2.12 bits per heavy atom. The van der Waals surface area contributed by atoms with Gasteiger partial charge < -0.3 is 20.4 Å². The number of carbonyl (C=O) groups excluding carboxylic acids is 2. The summed E-state index contributed by atoms with van der Waals surface area (Å²) < 4.78 is 5.29. The van der Waals surface area contributed by atoms with Crippen molar-refractivity contribution in [1.29, 1.82) is 0 Å². The molecule has 2 heterocycles. The first-order valence-corrected chi connectivity index (χ1v) is 7.97. The molecule has 3 N–H and O–H groups in total. The number of nitrogens with one attached hydrogen (secondary N) is 3. The maximum atomic E-state index is 12.2. The maximum Gasteiger partial charge on any atom is 0.262 e. The molecule has 2 aromatic carbocycles. The molecule has 1 aliphatic heterocycles. The van der Waals surface area contributed by atoms with Crippen molar-refractivity contribution in [2.75, 3.05) is 17.2 Å². The minimum atomic E-state index is -0.208. The summed E-state index contributed by atoms with van der Waals surface area (Å²) in [6.45, 7) is 0.0101. The van der Waals surface area contributed by atoms with E-state index < -0.39 is 0 Å². The summed E-state index contributed by atoms with van der Waals surface area (Å²) in [6, 6.07) is 12.9. The second-order valence-electron chi connectivity index (χ2n) is 5.80. The van der Waals surface area contributed by atoms with Crippen LogP contribution in [0.1, 0.15) is 12.2 Å². The fourth-order valence-electron chi connectivity index (χ4n) is 2.74. The first-order chi connectivity index (χ1) is 12.2. The number of H-pyrrole nitrogens is 1. The Morgan fingerprint density at radius 3 is 3.00 bits per heavy atom. The number of rotatable bonds is 4. The third-order valence-electron chi connectivity index (χ3n) is 3.92. The van der Waals surface area contributed by atoms with Gasteiger partial charge in [-0.2, -0.15) is 0 Å². The van der Waals surface area contributed by atoms with Crippen LogP contribution in [0.4, 0.5) is 11.4 Å². The van der Waals surface area contributed by atoms with Crippen molar-refractivity contribution < 1.29 is 14.3 Å². The van der Waals surface area contributed by atoms with Gasteiger partial charge in [-0.05, 0) is 30.3 Å². The molecular formula is C18H16N4O3. The van der Waals surface area contributed by atoms with Crippen molar-refractivity contribution in [2.24, 2.45) is 0 Å². The summed E-state index contributed by atoms with van der Waals surface area (Å²) >= 11 is 0. The van der Waals surface area contributed by atoms with Gasteiger partial charge in [0, 0.05) is 18.5 Å². The number of hydrogen-bond donors (Lipinski definition) is 3. The minimum absolute atomic E-state index is 0.0101. The van der Waals surface area contributed by atoms with E-state index in [4.69, 9.17) is 4.74 Å². The van der Waals surface area contributed by atoms with Crippen LogP contribution >= 0.6 is 0 Å². The third kappa shape index (κ3) is 3.30. The van der Waals surface area contributed by atoms with E-state index in [9.17, 15) is 9.59 Å². The zero-order valence-corrected chi connectivity index (χ0v) is 13.3. The molecule has 0 bridgehead atoms. The number of aryl methyl sites for hydroxylation is 1. The number of benzene rings is 2. The zero-order valence-electron chi connectivity index (χ0n) is 13.3. The van der Waals surface area contributed by atoms with E-state index in [-0.39, 0.29) is 18.4 Å². The van der Waals surface area contributed by atoms with Crippen molar-refractivity contribution in [3.63, 3.8) is 0 Å². The van der Waals surface area contributed by atoms with E-state index in [0.717, 1.165) is 16.9 Å². The molecule has 0 spiro atoms. The van der Waals surface area contributed by atoms with Crippen LogP contribution in [0.15, 0.2) is 42.5 Å². The lowest BCUT2D eigenvalue weighted by molar-refractivity contribution is -0.118. The van der Waals surface area contributed by atoms with Crippen molar-refractivity contribution in [1.82, 2.24) is 9.97 Å². The average Bonchev–Trinajstić information content (AvgIpc) is 3.02. The number of hydrogen-bond acceptors (Lipinski definition) is 4. The van der Waals surface area contributed by atoms with Crippen LogP contribution in [0.5, 0.6) is 5.75 Å². The molecule has 1 aliphatic rings. The molecule has 0 aliphatic carbocycles. The van der Waals surface area contributed by atoms with Gasteiger partial charge in [0.25, 0.3) is 5.91 Å². The molecule has 7 heteroatoms. The van der Waals surface area contributed by atoms with Crippen LogP contribution in [0.2, 0.25) is 0 Å². The predicted molar refractivity (Wildman–Crippen MR) is 93.6 cm³/mol. The fraction of sp³-hybridized carbons (Fsp3) is 0.167. The summed E-state index contributed by atoms with van der Waals surface area (Å²) in [5.41, 5.74) is 3.03. The van der Waals surface area contributed by atoms with Gasteiger partial charge in [0.1, 0.15) is 11.6 Å². The summed E-state index contributed by atoms with van der Waals surface area (Å²) in [5.74, 6) is 1.05. The van der Waals surface area contributed by atoms with Crippen LogP contribution in [0.25, 0.3) is 11.0 Å². The predicted octanol–water partition coefficient (Wildman–Crippen LogP) is 2.47. The number of fused-ring (bicyclic) bond motifs is 2. The number of carbonyl (C=O) groups is 2. The minimum Gasteiger partial charge on any atom is -0.482 e. The van der Waals surface area contributed by atoms with E-state index in [1.54, 1.807) is 18.2 Å². The average molecular weight is 336 g/mol. The monoisotopic (exact) mass is 336 g/mol. The molecule has 4 rings (SSSR count). The highest BCUT2D eigenvalue weighted by Crippen LogP contribution is 2.30. The molecule has 7 nitrogen and oxygen atoms in total. The summed E-state index contributed by atoms with van der Waals surface area (Å²) in [7, 11) is 0. The SMILES string of the molecule is O=C(CCc1nc2ccccc2[nH]1)Nc1ccc2c(c1)NC(=O)CO2. The van der Waals surface area contributed by atoms with Crippen LogP contribution in [-0.4, -0.2) is 28.4 Å². The maximum absolute atomic E-state index is 12.2. The van der Waals surface area contributed by atoms with Crippen LogP contribution < -0.4 is 15.4 Å². The van der Waals surface area contributed by atoms with E-state index in [2.05, 4.69) is 20.6 Å². The Kier molecular flexibility index (Phi) is 3.81. The molecule has 3 aromatic rings. The van der Waals surface area contributed by atoms with Gasteiger partial charge in [-0.15, -0.1) is 0 Å². The Hall–Kier alpha value is -3.35. The molecular weight excluding hydrogens is 320 g/mol. The molecule has 25 heavy (non-hydrogen) atoms. The van der Waals surface area contributed by atoms with Gasteiger partial charge in [-0.3, -0.25) is 9.59 Å². The molecule has 0 unspecified atom stereocenters. The lowest BCUT2D eigenvalue weighted by Gasteiger charge is -2.18. The smallest absolute Gasteiger partial charge is 0.262 e. The number of anilines is 2. The normalized spacial score (nSPS) is 13.0. The van der Waals surface area contributed by atoms with Crippen LogP contribution in [0.3, 0.4) is 0 Å². The number of aromatic nitrogens is 2. The largest absolute Gasteiger partial charge is 0.482 e. The van der Waals surface area contributed by atoms with Gasteiger partial charge in [0.2, 0.25) is 5.91 Å². The van der Waals surface area contributed by atoms with Crippen molar-refractivity contribution >= 4 is 34.2 Å². The summed E-state index contributed by atoms with van der Waals surface area (Å²) in [5, 5.41) is 5.54. The number of amides is 2. The van der Waals surface area contributed by atoms with E-state index >= 15 is 0 Å². The molecule has 126 valence electrons. The molecule has 0 saturated heterocycles. The lowest BCUT2D eigenvalue weighted by Crippen LogP contribution is -2.25. The van der Waals surface area contributed by atoms with E-state index in [0.29, 0.717) is 30.0 Å². The Balaban J connectivity index is 1.39. The standard InChI is InChI=1S/C18H16N4O3/c23-17(8-7-16-20-12-3-1-2-4-13(12)21-16)19-11-5-6-15-14(9-11)22-18(24)10-25-15/h1-6,9H,7-8,10H2,(H,19,23)(H,20,21)(H,22,24). The van der Waals surface area contributed by atoms with Gasteiger partial charge in [-0.25, -0.2) is 4.98 Å². The van der Waals surface area contributed by atoms with E-state index in [1.165, 1.54) is 0 Å². The molecule has 0 saturated carbocycles. The number of imidazole rings is 1. The topological polar surface area (TPSA) is 96.1 Å². The summed E-state index contributed by atoms with van der Waals surface area (Å²) in [6.07, 6.45) is 0.824. The fourth-order valence-corrected chi connectivity index (χ4v) is 2.74. The van der Waals surface area contributed by atoms with Crippen LogP contribution in [0, 0.1) is 0 Å². The van der Waals surface area contributed by atoms with Gasteiger partial charge in [0.05, 0.1) is 16.7 Å².